The summed E-state index contributed by atoms with van der Waals surface area (Å²) < 4.78 is 5.04. The highest BCUT2D eigenvalue weighted by molar-refractivity contribution is 6.02. The first-order valence-corrected chi connectivity index (χ1v) is 5.19. The SMILES string of the molecule is COc1cccc(NC(=O)c2cc(=O)[nH]cn2)c1. The van der Waals surface area contributed by atoms with Crippen molar-refractivity contribution in [2.45, 2.75) is 0 Å². The first kappa shape index (κ1) is 11.8. The van der Waals surface area contributed by atoms with E-state index >= 15 is 0 Å². The van der Waals surface area contributed by atoms with Crippen molar-refractivity contribution in [3.8, 4) is 5.75 Å². The quantitative estimate of drug-likeness (QED) is 0.845. The van der Waals surface area contributed by atoms with Crippen molar-refractivity contribution in [2.75, 3.05) is 12.4 Å². The number of nitrogens with zero attached hydrogens (tertiary/aromatic N) is 1. The van der Waals surface area contributed by atoms with Crippen LogP contribution in [0.15, 0.2) is 41.5 Å². The summed E-state index contributed by atoms with van der Waals surface area (Å²) in [5.74, 6) is 0.182. The monoisotopic (exact) mass is 245 g/mol. The van der Waals surface area contributed by atoms with Crippen molar-refractivity contribution in [2.24, 2.45) is 0 Å². The molecule has 2 N–H and O–H groups in total. The fraction of sp³-hybridized carbons (Fsp3) is 0.0833. The van der Waals surface area contributed by atoms with Gasteiger partial charge < -0.3 is 15.0 Å². The Kier molecular flexibility index (Phi) is 3.38. The average molecular weight is 245 g/mol. The van der Waals surface area contributed by atoms with Crippen LogP contribution in [0.2, 0.25) is 0 Å². The molecule has 0 saturated heterocycles. The van der Waals surface area contributed by atoms with E-state index in [1.807, 2.05) is 0 Å². The maximum Gasteiger partial charge on any atom is 0.274 e. The molecule has 0 atom stereocenters. The van der Waals surface area contributed by atoms with Gasteiger partial charge in [-0.15, -0.1) is 0 Å². The number of hydrogen-bond donors (Lipinski definition) is 2. The van der Waals surface area contributed by atoms with Gasteiger partial charge in [0.25, 0.3) is 11.5 Å². The molecule has 0 aliphatic heterocycles. The first-order valence-electron chi connectivity index (χ1n) is 5.19. The van der Waals surface area contributed by atoms with E-state index in [1.54, 1.807) is 31.4 Å². The molecule has 0 fully saturated rings. The second-order valence-corrected chi connectivity index (χ2v) is 3.48. The number of ether oxygens (including phenoxy) is 1. The molecule has 1 heterocycles. The number of hydrogen-bond acceptors (Lipinski definition) is 4. The third-order valence-electron chi connectivity index (χ3n) is 2.24. The Balaban J connectivity index is 2.18. The number of carbonyl (C=O) groups is 1. The van der Waals surface area contributed by atoms with Crippen LogP contribution in [0.3, 0.4) is 0 Å². The molecular weight excluding hydrogens is 234 g/mol. The zero-order valence-corrected chi connectivity index (χ0v) is 9.64. The maximum absolute atomic E-state index is 11.8. The molecule has 0 spiro atoms. The highest BCUT2D eigenvalue weighted by atomic mass is 16.5. The number of rotatable bonds is 3. The average Bonchev–Trinajstić information content (AvgIpc) is 2.39. The fourth-order valence-electron chi connectivity index (χ4n) is 1.39. The van der Waals surface area contributed by atoms with E-state index in [-0.39, 0.29) is 11.3 Å². The lowest BCUT2D eigenvalue weighted by Crippen LogP contribution is -2.17. The molecule has 18 heavy (non-hydrogen) atoms. The predicted molar refractivity (Wildman–Crippen MR) is 65.8 cm³/mol. The molecule has 2 aromatic rings. The number of amides is 1. The van der Waals surface area contributed by atoms with Crippen LogP contribution in [0.5, 0.6) is 5.75 Å². The van der Waals surface area contributed by atoms with Crippen LogP contribution in [0.25, 0.3) is 0 Å². The molecule has 6 heteroatoms. The van der Waals surface area contributed by atoms with Crippen LogP contribution in [0, 0.1) is 0 Å². The minimum atomic E-state index is -0.450. The predicted octanol–water partition coefficient (Wildman–Crippen LogP) is 1.03. The molecule has 1 amide bonds. The van der Waals surface area contributed by atoms with E-state index in [1.165, 1.54) is 6.33 Å². The van der Waals surface area contributed by atoms with Gasteiger partial charge in [-0.05, 0) is 12.1 Å². The number of aromatic amines is 1. The Bertz CT molecular complexity index is 622. The van der Waals surface area contributed by atoms with E-state index in [2.05, 4.69) is 15.3 Å². The van der Waals surface area contributed by atoms with Gasteiger partial charge in [0, 0.05) is 17.8 Å². The van der Waals surface area contributed by atoms with Crippen molar-refractivity contribution in [3.05, 3.63) is 52.7 Å². The van der Waals surface area contributed by atoms with Gasteiger partial charge >= 0.3 is 0 Å². The van der Waals surface area contributed by atoms with Crippen molar-refractivity contribution in [1.29, 1.82) is 0 Å². The maximum atomic E-state index is 11.8. The van der Waals surface area contributed by atoms with Gasteiger partial charge in [0.2, 0.25) is 0 Å². The molecule has 0 saturated carbocycles. The van der Waals surface area contributed by atoms with Gasteiger partial charge in [-0.3, -0.25) is 9.59 Å². The van der Waals surface area contributed by atoms with Gasteiger partial charge in [-0.1, -0.05) is 6.07 Å². The summed E-state index contributed by atoms with van der Waals surface area (Å²) in [5, 5.41) is 2.63. The van der Waals surface area contributed by atoms with E-state index in [0.717, 1.165) is 6.07 Å². The summed E-state index contributed by atoms with van der Waals surface area (Å²) >= 11 is 0. The zero-order valence-electron chi connectivity index (χ0n) is 9.64. The lowest BCUT2D eigenvalue weighted by Gasteiger charge is -2.06. The molecule has 0 bridgehead atoms. The number of methoxy groups -OCH3 is 1. The van der Waals surface area contributed by atoms with Gasteiger partial charge in [0.05, 0.1) is 13.4 Å². The molecule has 92 valence electrons. The molecule has 1 aromatic heterocycles. The Morgan fingerprint density at radius 2 is 2.22 bits per heavy atom. The Morgan fingerprint density at radius 1 is 1.39 bits per heavy atom. The van der Waals surface area contributed by atoms with Crippen LogP contribution in [0.4, 0.5) is 5.69 Å². The topological polar surface area (TPSA) is 84.1 Å². The van der Waals surface area contributed by atoms with Crippen LogP contribution >= 0.6 is 0 Å². The second-order valence-electron chi connectivity index (χ2n) is 3.48. The van der Waals surface area contributed by atoms with Crippen LogP contribution in [-0.2, 0) is 0 Å². The largest absolute Gasteiger partial charge is 0.497 e. The van der Waals surface area contributed by atoms with E-state index in [4.69, 9.17) is 4.74 Å². The lowest BCUT2D eigenvalue weighted by atomic mass is 10.3. The Hall–Kier alpha value is -2.63. The molecule has 0 aliphatic rings. The summed E-state index contributed by atoms with van der Waals surface area (Å²) in [6.45, 7) is 0. The standard InChI is InChI=1S/C12H11N3O3/c1-18-9-4-2-3-8(5-9)15-12(17)10-6-11(16)14-7-13-10/h2-7H,1H3,(H,15,17)(H,13,14,16). The number of anilines is 1. The molecule has 0 unspecified atom stereocenters. The highest BCUT2D eigenvalue weighted by Gasteiger charge is 2.08. The van der Waals surface area contributed by atoms with Crippen molar-refractivity contribution in [1.82, 2.24) is 9.97 Å². The van der Waals surface area contributed by atoms with Gasteiger partial charge in [-0.25, -0.2) is 4.98 Å². The number of H-pyrrole nitrogens is 1. The summed E-state index contributed by atoms with van der Waals surface area (Å²) in [6.07, 6.45) is 1.18. The van der Waals surface area contributed by atoms with Gasteiger partial charge in [0.15, 0.2) is 0 Å². The van der Waals surface area contributed by atoms with Gasteiger partial charge in [0.1, 0.15) is 11.4 Å². The van der Waals surface area contributed by atoms with Crippen LogP contribution < -0.4 is 15.6 Å². The highest BCUT2D eigenvalue weighted by Crippen LogP contribution is 2.16. The van der Waals surface area contributed by atoms with Crippen molar-refractivity contribution >= 4 is 11.6 Å². The minimum absolute atomic E-state index is 0.0570. The molecule has 6 nitrogen and oxygen atoms in total. The lowest BCUT2D eigenvalue weighted by molar-refractivity contribution is 0.102. The van der Waals surface area contributed by atoms with Crippen molar-refractivity contribution < 1.29 is 9.53 Å². The Labute approximate surface area is 103 Å². The normalized spacial score (nSPS) is 9.83. The number of aromatic nitrogens is 2. The minimum Gasteiger partial charge on any atom is -0.497 e. The number of nitrogens with one attached hydrogen (secondary N) is 2. The van der Waals surface area contributed by atoms with Crippen molar-refractivity contribution in [3.63, 3.8) is 0 Å². The first-order chi connectivity index (χ1) is 8.69. The van der Waals surface area contributed by atoms with Crippen LogP contribution in [-0.4, -0.2) is 23.0 Å². The van der Waals surface area contributed by atoms with Gasteiger partial charge in [-0.2, -0.15) is 0 Å². The third-order valence-corrected chi connectivity index (χ3v) is 2.24. The molecule has 0 aliphatic carbocycles. The fourth-order valence-corrected chi connectivity index (χ4v) is 1.39. The summed E-state index contributed by atoms with van der Waals surface area (Å²) in [4.78, 5) is 29.0. The van der Waals surface area contributed by atoms with E-state index < -0.39 is 5.91 Å². The molecule has 0 radical (unpaired) electrons. The van der Waals surface area contributed by atoms with E-state index in [0.29, 0.717) is 11.4 Å². The zero-order chi connectivity index (χ0) is 13.0. The molecular formula is C12H11N3O3. The second kappa shape index (κ2) is 5.13. The third kappa shape index (κ3) is 2.73. The molecule has 1 aromatic carbocycles. The summed E-state index contributed by atoms with van der Waals surface area (Å²) in [7, 11) is 1.54. The summed E-state index contributed by atoms with van der Waals surface area (Å²) in [5.41, 5.74) is 0.254. The Morgan fingerprint density at radius 3 is 2.94 bits per heavy atom. The molecule has 2 rings (SSSR count). The number of benzene rings is 1. The smallest absolute Gasteiger partial charge is 0.274 e. The van der Waals surface area contributed by atoms with Crippen LogP contribution in [0.1, 0.15) is 10.5 Å². The van der Waals surface area contributed by atoms with E-state index in [9.17, 15) is 9.59 Å². The summed E-state index contributed by atoms with van der Waals surface area (Å²) in [6, 6.07) is 8.04. The number of carbonyl (C=O) groups excluding carboxylic acids is 1.